The van der Waals surface area contributed by atoms with Gasteiger partial charge >= 0.3 is 12.1 Å². The van der Waals surface area contributed by atoms with Crippen LogP contribution in [0, 0.1) is 6.92 Å². The Morgan fingerprint density at radius 1 is 1.26 bits per heavy atom. The van der Waals surface area contributed by atoms with E-state index in [1.807, 2.05) is 0 Å². The molecule has 3 rings (SSSR count). The lowest BCUT2D eigenvalue weighted by molar-refractivity contribution is -0.152. The predicted molar refractivity (Wildman–Crippen MR) is 92.4 cm³/mol. The van der Waals surface area contributed by atoms with Crippen molar-refractivity contribution in [3.05, 3.63) is 52.6 Å². The van der Waals surface area contributed by atoms with E-state index in [4.69, 9.17) is 4.74 Å². The summed E-state index contributed by atoms with van der Waals surface area (Å²) in [7, 11) is 1.02. The van der Waals surface area contributed by atoms with Gasteiger partial charge in [0.05, 0.1) is 19.3 Å². The first-order chi connectivity index (χ1) is 12.7. The fourth-order valence-corrected chi connectivity index (χ4v) is 3.39. The number of esters is 1. The van der Waals surface area contributed by atoms with Gasteiger partial charge in [0, 0.05) is 5.56 Å². The molecule has 144 valence electrons. The minimum Gasteiger partial charge on any atom is -0.493 e. The predicted octanol–water partition coefficient (Wildman–Crippen LogP) is 4.21. The Balaban J connectivity index is 2.27. The summed E-state index contributed by atoms with van der Waals surface area (Å²) in [6, 6.07) is 7.31. The van der Waals surface area contributed by atoms with Gasteiger partial charge in [-0.25, -0.2) is 4.79 Å². The lowest BCUT2D eigenvalue weighted by atomic mass is 9.87. The number of aliphatic hydroxyl groups is 1. The van der Waals surface area contributed by atoms with E-state index in [1.165, 1.54) is 6.07 Å². The lowest BCUT2D eigenvalue weighted by Gasteiger charge is -2.23. The standard InChI is InChI=1S/C20H19F3O4/c1-11-5-7-14(20(21,22)23)17(18(24)19(25)26-2)16(11)13-6-8-15-12(10-13)4-3-9-27-15/h5-8,10,18,24H,3-4,9H2,1-2H3. The van der Waals surface area contributed by atoms with Crippen LogP contribution in [0.15, 0.2) is 30.3 Å². The normalized spacial score (nSPS) is 14.9. The second kappa shape index (κ2) is 7.23. The van der Waals surface area contributed by atoms with Crippen LogP contribution < -0.4 is 4.74 Å². The van der Waals surface area contributed by atoms with Crippen molar-refractivity contribution >= 4 is 5.97 Å². The summed E-state index contributed by atoms with van der Waals surface area (Å²) in [5.41, 5.74) is 0.504. The number of aryl methyl sites for hydroxylation is 2. The fourth-order valence-electron chi connectivity index (χ4n) is 3.39. The number of alkyl halides is 3. The van der Waals surface area contributed by atoms with Crippen LogP contribution in [0.5, 0.6) is 5.75 Å². The summed E-state index contributed by atoms with van der Waals surface area (Å²) in [6.45, 7) is 2.24. The van der Waals surface area contributed by atoms with E-state index < -0.39 is 29.4 Å². The summed E-state index contributed by atoms with van der Waals surface area (Å²) >= 11 is 0. The molecule has 0 bridgehead atoms. The zero-order valence-corrected chi connectivity index (χ0v) is 14.9. The van der Waals surface area contributed by atoms with E-state index in [0.717, 1.165) is 31.6 Å². The zero-order valence-electron chi connectivity index (χ0n) is 14.9. The Labute approximate surface area is 154 Å². The van der Waals surface area contributed by atoms with Crippen molar-refractivity contribution < 1.29 is 32.5 Å². The number of rotatable bonds is 3. The molecular weight excluding hydrogens is 361 g/mol. The number of carbonyl (C=O) groups is 1. The number of ether oxygens (including phenoxy) is 2. The minimum atomic E-state index is -4.73. The van der Waals surface area contributed by atoms with Gasteiger partial charge in [-0.1, -0.05) is 12.1 Å². The molecule has 0 aliphatic carbocycles. The Morgan fingerprint density at radius 3 is 2.67 bits per heavy atom. The van der Waals surface area contributed by atoms with E-state index in [2.05, 4.69) is 4.74 Å². The molecular formula is C20H19F3O4. The van der Waals surface area contributed by atoms with Gasteiger partial charge in [0.1, 0.15) is 5.75 Å². The molecule has 0 spiro atoms. The van der Waals surface area contributed by atoms with E-state index in [0.29, 0.717) is 23.5 Å². The molecule has 1 heterocycles. The van der Waals surface area contributed by atoms with Crippen LogP contribution in [0.3, 0.4) is 0 Å². The second-order valence-electron chi connectivity index (χ2n) is 6.42. The molecule has 1 aliphatic heterocycles. The van der Waals surface area contributed by atoms with Crippen molar-refractivity contribution in [2.45, 2.75) is 32.0 Å². The van der Waals surface area contributed by atoms with Crippen molar-refractivity contribution in [2.75, 3.05) is 13.7 Å². The molecule has 0 radical (unpaired) electrons. The monoisotopic (exact) mass is 380 g/mol. The number of halogens is 3. The zero-order chi connectivity index (χ0) is 19.8. The number of fused-ring (bicyclic) bond motifs is 1. The average Bonchev–Trinajstić information content (AvgIpc) is 2.65. The molecule has 1 atom stereocenters. The highest BCUT2D eigenvalue weighted by atomic mass is 19.4. The summed E-state index contributed by atoms with van der Waals surface area (Å²) in [6.07, 6.45) is -5.22. The van der Waals surface area contributed by atoms with Crippen LogP contribution in [0.2, 0.25) is 0 Å². The van der Waals surface area contributed by atoms with Crippen molar-refractivity contribution in [3.8, 4) is 16.9 Å². The van der Waals surface area contributed by atoms with Crippen LogP contribution in [0.25, 0.3) is 11.1 Å². The van der Waals surface area contributed by atoms with Crippen LogP contribution in [0.1, 0.15) is 34.8 Å². The second-order valence-corrected chi connectivity index (χ2v) is 6.42. The molecule has 1 unspecified atom stereocenters. The summed E-state index contributed by atoms with van der Waals surface area (Å²) < 4.78 is 50.8. The van der Waals surface area contributed by atoms with Crippen molar-refractivity contribution in [1.29, 1.82) is 0 Å². The Hall–Kier alpha value is -2.54. The van der Waals surface area contributed by atoms with Crippen LogP contribution in [-0.2, 0) is 22.1 Å². The van der Waals surface area contributed by atoms with Crippen LogP contribution in [0.4, 0.5) is 13.2 Å². The topological polar surface area (TPSA) is 55.8 Å². The first kappa shape index (κ1) is 19.2. The number of aliphatic hydroxyl groups excluding tert-OH is 1. The van der Waals surface area contributed by atoms with E-state index in [1.54, 1.807) is 25.1 Å². The highest BCUT2D eigenvalue weighted by Gasteiger charge is 2.39. The highest BCUT2D eigenvalue weighted by molar-refractivity contribution is 5.83. The van der Waals surface area contributed by atoms with E-state index in [9.17, 15) is 23.1 Å². The quantitative estimate of drug-likeness (QED) is 0.811. The van der Waals surface area contributed by atoms with Crippen LogP contribution in [-0.4, -0.2) is 24.8 Å². The van der Waals surface area contributed by atoms with E-state index >= 15 is 0 Å². The van der Waals surface area contributed by atoms with Gasteiger partial charge in [-0.05, 0) is 60.2 Å². The third kappa shape index (κ3) is 3.64. The van der Waals surface area contributed by atoms with Crippen LogP contribution >= 0.6 is 0 Å². The van der Waals surface area contributed by atoms with Crippen molar-refractivity contribution in [3.63, 3.8) is 0 Å². The van der Waals surface area contributed by atoms with Crippen molar-refractivity contribution in [2.24, 2.45) is 0 Å². The van der Waals surface area contributed by atoms with Gasteiger partial charge in [0.2, 0.25) is 0 Å². The largest absolute Gasteiger partial charge is 0.493 e. The maximum Gasteiger partial charge on any atom is 0.416 e. The number of hydrogen-bond acceptors (Lipinski definition) is 4. The molecule has 0 fully saturated rings. The third-order valence-electron chi connectivity index (χ3n) is 4.65. The molecule has 0 aromatic heterocycles. The van der Waals surface area contributed by atoms with Gasteiger partial charge in [-0.3, -0.25) is 0 Å². The lowest BCUT2D eigenvalue weighted by Crippen LogP contribution is -2.20. The molecule has 4 nitrogen and oxygen atoms in total. The molecule has 0 saturated heterocycles. The Morgan fingerprint density at radius 2 is 2.00 bits per heavy atom. The highest BCUT2D eigenvalue weighted by Crippen LogP contribution is 2.42. The average molecular weight is 380 g/mol. The maximum atomic E-state index is 13.6. The van der Waals surface area contributed by atoms with Gasteiger partial charge in [0.25, 0.3) is 0 Å². The Kier molecular flexibility index (Phi) is 5.15. The Bertz CT molecular complexity index is 874. The smallest absolute Gasteiger partial charge is 0.416 e. The van der Waals surface area contributed by atoms with Gasteiger partial charge in [0.15, 0.2) is 6.10 Å². The number of carbonyl (C=O) groups excluding carboxylic acids is 1. The maximum absolute atomic E-state index is 13.6. The fraction of sp³-hybridized carbons (Fsp3) is 0.350. The first-order valence-electron chi connectivity index (χ1n) is 8.46. The summed E-state index contributed by atoms with van der Waals surface area (Å²) in [5.74, 6) is -0.446. The van der Waals surface area contributed by atoms with Gasteiger partial charge < -0.3 is 14.6 Å². The molecule has 2 aromatic carbocycles. The third-order valence-corrected chi connectivity index (χ3v) is 4.65. The minimum absolute atomic E-state index is 0.177. The molecule has 1 N–H and O–H groups in total. The summed E-state index contributed by atoms with van der Waals surface area (Å²) in [4.78, 5) is 11.9. The molecule has 1 aliphatic rings. The first-order valence-corrected chi connectivity index (χ1v) is 8.46. The van der Waals surface area contributed by atoms with Gasteiger partial charge in [-0.2, -0.15) is 13.2 Å². The summed E-state index contributed by atoms with van der Waals surface area (Å²) in [5, 5.41) is 10.3. The number of hydrogen-bond donors (Lipinski definition) is 1. The molecule has 0 amide bonds. The molecule has 27 heavy (non-hydrogen) atoms. The molecule has 2 aromatic rings. The van der Waals surface area contributed by atoms with Gasteiger partial charge in [-0.15, -0.1) is 0 Å². The number of methoxy groups -OCH3 is 1. The van der Waals surface area contributed by atoms with Crippen molar-refractivity contribution in [1.82, 2.24) is 0 Å². The SMILES string of the molecule is COC(=O)C(O)c1c(C(F)(F)F)ccc(C)c1-c1ccc2c(c1)CCCO2. The molecule has 0 saturated carbocycles. The van der Waals surface area contributed by atoms with E-state index in [-0.39, 0.29) is 5.56 Å². The molecule has 7 heteroatoms. The number of benzene rings is 2.